The highest BCUT2D eigenvalue weighted by atomic mass is 16.3. The zero-order valence-electron chi connectivity index (χ0n) is 16.1. The molecule has 1 atom stereocenters. The van der Waals surface area contributed by atoms with Crippen LogP contribution in [0.4, 0.5) is 0 Å². The fraction of sp³-hybridized carbons (Fsp3) is 0.409. The first-order valence-corrected chi connectivity index (χ1v) is 9.88. The molecule has 1 aliphatic heterocycles. The maximum Gasteiger partial charge on any atom is 0.376 e. The maximum atomic E-state index is 10.0. The Kier molecular flexibility index (Phi) is 5.18. The van der Waals surface area contributed by atoms with Crippen LogP contribution in [0.15, 0.2) is 36.5 Å². The van der Waals surface area contributed by atoms with E-state index in [2.05, 4.69) is 42.1 Å². The molecule has 4 nitrogen and oxygen atoms in total. The van der Waals surface area contributed by atoms with Crippen molar-refractivity contribution in [1.82, 2.24) is 9.79 Å². The summed E-state index contributed by atoms with van der Waals surface area (Å²) in [5, 5.41) is 20.0. The van der Waals surface area contributed by atoms with Crippen LogP contribution >= 0.6 is 0 Å². The fourth-order valence-corrected chi connectivity index (χ4v) is 4.68. The Labute approximate surface area is 161 Å². The van der Waals surface area contributed by atoms with Crippen LogP contribution in [0.5, 0.6) is 0 Å². The molecule has 0 bridgehead atoms. The summed E-state index contributed by atoms with van der Waals surface area (Å²) >= 11 is 0. The van der Waals surface area contributed by atoms with Crippen LogP contribution in [-0.2, 0) is 0 Å². The zero-order chi connectivity index (χ0) is 19.0. The third-order valence-corrected chi connectivity index (χ3v) is 6.13. The van der Waals surface area contributed by atoms with E-state index in [0.29, 0.717) is 5.92 Å². The minimum absolute atomic E-state index is 0.0258. The van der Waals surface area contributed by atoms with Gasteiger partial charge >= 0.3 is 7.05 Å². The van der Waals surface area contributed by atoms with E-state index in [0.717, 1.165) is 48.3 Å². The number of aryl methyl sites for hydroxylation is 1. The lowest BCUT2D eigenvalue weighted by molar-refractivity contribution is 0.235. The molecule has 27 heavy (non-hydrogen) atoms. The van der Waals surface area contributed by atoms with Gasteiger partial charge in [-0.2, -0.15) is 0 Å². The van der Waals surface area contributed by atoms with Crippen molar-refractivity contribution in [3.63, 3.8) is 0 Å². The summed E-state index contributed by atoms with van der Waals surface area (Å²) in [5.74, 6) is 0.690. The molecule has 0 amide bonds. The fourth-order valence-electron chi connectivity index (χ4n) is 4.68. The second-order valence-corrected chi connectivity index (χ2v) is 7.88. The molecule has 5 heteroatoms. The van der Waals surface area contributed by atoms with E-state index in [1.165, 1.54) is 11.1 Å². The van der Waals surface area contributed by atoms with Crippen LogP contribution in [0.3, 0.4) is 0 Å². The summed E-state index contributed by atoms with van der Waals surface area (Å²) in [6.45, 7) is 5.78. The summed E-state index contributed by atoms with van der Waals surface area (Å²) in [6.07, 6.45) is 6.05. The number of fused-ring (bicyclic) bond motifs is 2. The Morgan fingerprint density at radius 1 is 1.22 bits per heavy atom. The van der Waals surface area contributed by atoms with Crippen molar-refractivity contribution in [2.45, 2.75) is 32.5 Å². The molecular formula is C22H27BN2O2. The lowest BCUT2D eigenvalue weighted by atomic mass is 9.73. The number of piperidine rings is 1. The Hall–Kier alpha value is -1.95. The molecule has 2 heterocycles. The number of pyridine rings is 1. The number of benzene rings is 1. The third kappa shape index (κ3) is 3.47. The summed E-state index contributed by atoms with van der Waals surface area (Å²) < 4.78 is 0. The molecule has 0 saturated carbocycles. The number of aromatic nitrogens is 1. The van der Waals surface area contributed by atoms with E-state index in [9.17, 15) is 10.1 Å². The minimum Gasteiger partial charge on any atom is -0.437 e. The second kappa shape index (κ2) is 7.59. The van der Waals surface area contributed by atoms with Gasteiger partial charge in [0.2, 0.25) is 0 Å². The minimum atomic E-state index is -0.386. The average molecular weight is 362 g/mol. The van der Waals surface area contributed by atoms with E-state index in [4.69, 9.17) is 4.98 Å². The van der Waals surface area contributed by atoms with E-state index < -0.39 is 0 Å². The van der Waals surface area contributed by atoms with Gasteiger partial charge in [0.15, 0.2) is 0 Å². The molecule has 0 spiro atoms. The Morgan fingerprint density at radius 3 is 2.70 bits per heavy atom. The second-order valence-electron chi connectivity index (χ2n) is 7.88. The topological polar surface area (TPSA) is 56.6 Å². The van der Waals surface area contributed by atoms with E-state index in [-0.39, 0.29) is 19.6 Å². The highest BCUT2D eigenvalue weighted by molar-refractivity contribution is 6.45. The summed E-state index contributed by atoms with van der Waals surface area (Å²) in [5.41, 5.74) is 6.81. The van der Waals surface area contributed by atoms with Crippen LogP contribution in [0.2, 0.25) is 6.82 Å². The molecule has 4 rings (SSSR count). The third-order valence-electron chi connectivity index (χ3n) is 6.13. The van der Waals surface area contributed by atoms with Gasteiger partial charge < -0.3 is 14.9 Å². The molecule has 1 saturated heterocycles. The van der Waals surface area contributed by atoms with Gasteiger partial charge in [0, 0.05) is 12.1 Å². The highest BCUT2D eigenvalue weighted by Gasteiger charge is 2.35. The number of rotatable bonds is 3. The van der Waals surface area contributed by atoms with Crippen LogP contribution < -0.4 is 0 Å². The van der Waals surface area contributed by atoms with Crippen LogP contribution in [-0.4, -0.2) is 46.7 Å². The van der Waals surface area contributed by atoms with Gasteiger partial charge in [-0.15, -0.1) is 0 Å². The van der Waals surface area contributed by atoms with Gasteiger partial charge in [-0.3, -0.25) is 4.98 Å². The van der Waals surface area contributed by atoms with Gasteiger partial charge in [-0.25, -0.2) is 0 Å². The SMILES string of the molecule is CB(O)N1CCC(C2c3ccc(C)cc3C(CO)=Cc3cccnc32)CC1. The highest BCUT2D eigenvalue weighted by Crippen LogP contribution is 2.44. The molecule has 1 aliphatic carbocycles. The molecule has 1 aromatic heterocycles. The molecular weight excluding hydrogens is 335 g/mol. The number of hydrogen-bond acceptors (Lipinski definition) is 4. The van der Waals surface area contributed by atoms with Crippen LogP contribution in [0, 0.1) is 12.8 Å². The first-order chi connectivity index (χ1) is 13.1. The van der Waals surface area contributed by atoms with Crippen LogP contribution in [0.1, 0.15) is 46.7 Å². The van der Waals surface area contributed by atoms with Gasteiger partial charge in [0.1, 0.15) is 0 Å². The first kappa shape index (κ1) is 18.4. The molecule has 1 unspecified atom stereocenters. The van der Waals surface area contributed by atoms with Crippen molar-refractivity contribution in [3.05, 3.63) is 64.5 Å². The molecule has 1 aromatic carbocycles. The zero-order valence-corrected chi connectivity index (χ0v) is 16.1. The maximum absolute atomic E-state index is 10.0. The average Bonchev–Trinajstić information content (AvgIpc) is 2.82. The molecule has 2 aliphatic rings. The van der Waals surface area contributed by atoms with Crippen molar-refractivity contribution in [1.29, 1.82) is 0 Å². The van der Waals surface area contributed by atoms with Crippen LogP contribution in [0.25, 0.3) is 11.6 Å². The standard InChI is InChI=1S/C22H27BN2O2/c1-15-5-6-19-20(12-15)18(14-26)13-17-4-3-9-24-22(17)21(19)16-7-10-25(11-8-16)23(2)27/h3-6,9,12-13,16,21,26-27H,7-8,10-11,14H2,1-2H3. The molecule has 2 N–H and O–H groups in total. The number of nitrogens with zero attached hydrogens (tertiary/aromatic N) is 2. The van der Waals surface area contributed by atoms with Crippen molar-refractivity contribution >= 4 is 18.7 Å². The smallest absolute Gasteiger partial charge is 0.376 e. The monoisotopic (exact) mass is 362 g/mol. The van der Waals surface area contributed by atoms with Crippen molar-refractivity contribution in [2.75, 3.05) is 19.7 Å². The number of hydrogen-bond donors (Lipinski definition) is 2. The van der Waals surface area contributed by atoms with Crippen molar-refractivity contribution < 1.29 is 10.1 Å². The Morgan fingerprint density at radius 2 is 2.00 bits per heavy atom. The predicted octanol–water partition coefficient (Wildman–Crippen LogP) is 3.19. The lowest BCUT2D eigenvalue weighted by Crippen LogP contribution is -2.44. The van der Waals surface area contributed by atoms with Crippen molar-refractivity contribution in [3.8, 4) is 0 Å². The normalized spacial score (nSPS) is 20.4. The van der Waals surface area contributed by atoms with E-state index in [1.807, 2.05) is 19.1 Å². The molecule has 140 valence electrons. The quantitative estimate of drug-likeness (QED) is 0.824. The predicted molar refractivity (Wildman–Crippen MR) is 110 cm³/mol. The van der Waals surface area contributed by atoms with Gasteiger partial charge in [-0.1, -0.05) is 29.8 Å². The summed E-state index contributed by atoms with van der Waals surface area (Å²) in [7, 11) is -0.386. The summed E-state index contributed by atoms with van der Waals surface area (Å²) in [6, 6.07) is 10.7. The van der Waals surface area contributed by atoms with Gasteiger partial charge in [0.25, 0.3) is 0 Å². The molecule has 2 aromatic rings. The first-order valence-electron chi connectivity index (χ1n) is 9.88. The molecule has 1 fully saturated rings. The van der Waals surface area contributed by atoms with E-state index >= 15 is 0 Å². The van der Waals surface area contributed by atoms with Gasteiger partial charge in [0.05, 0.1) is 12.3 Å². The van der Waals surface area contributed by atoms with E-state index in [1.54, 1.807) is 0 Å². The van der Waals surface area contributed by atoms with Gasteiger partial charge in [-0.05, 0) is 80.0 Å². The lowest BCUT2D eigenvalue weighted by Gasteiger charge is -2.37. The molecule has 0 radical (unpaired) electrons. The summed E-state index contributed by atoms with van der Waals surface area (Å²) in [4.78, 5) is 6.93. The number of aliphatic hydroxyl groups excluding tert-OH is 1. The Bertz CT molecular complexity index is 857. The number of aliphatic hydroxyl groups is 1. The van der Waals surface area contributed by atoms with Crippen molar-refractivity contribution in [2.24, 2.45) is 5.92 Å². The Balaban J connectivity index is 1.81. The largest absolute Gasteiger partial charge is 0.437 e.